The predicted molar refractivity (Wildman–Crippen MR) is 65.3 cm³/mol. The summed E-state index contributed by atoms with van der Waals surface area (Å²) in [4.78, 5) is 23.2. The molecule has 6 nitrogen and oxygen atoms in total. The minimum atomic E-state index is -0.424. The number of carbonyl (C=O) groups excluding carboxylic acids is 2. The molecule has 6 heteroatoms. The minimum absolute atomic E-state index is 0.0882. The monoisotopic (exact) mass is 254 g/mol. The van der Waals surface area contributed by atoms with Crippen LogP contribution in [-0.4, -0.2) is 43.3 Å². The molecule has 0 aliphatic heterocycles. The molecule has 1 aromatic heterocycles. The van der Waals surface area contributed by atoms with E-state index in [0.717, 1.165) is 0 Å². The number of nitrogens with zero attached hydrogens (tertiary/aromatic N) is 1. The van der Waals surface area contributed by atoms with Gasteiger partial charge in [-0.15, -0.1) is 0 Å². The van der Waals surface area contributed by atoms with Crippen molar-refractivity contribution >= 4 is 11.9 Å². The van der Waals surface area contributed by atoms with E-state index in [1.54, 1.807) is 36.9 Å². The summed E-state index contributed by atoms with van der Waals surface area (Å²) in [5.74, 6) is -0.596. The molecule has 18 heavy (non-hydrogen) atoms. The van der Waals surface area contributed by atoms with Crippen LogP contribution in [0.25, 0.3) is 0 Å². The largest absolute Gasteiger partial charge is 0.461 e. The molecular formula is C12H18N2O4. The zero-order valence-corrected chi connectivity index (χ0v) is 10.6. The summed E-state index contributed by atoms with van der Waals surface area (Å²) in [6.45, 7) is 3.05. The Kier molecular flexibility index (Phi) is 5.93. The summed E-state index contributed by atoms with van der Waals surface area (Å²) in [6, 6.07) is 3.33. The number of nitrogens with one attached hydrogen (secondary N) is 1. The van der Waals surface area contributed by atoms with E-state index < -0.39 is 5.97 Å². The molecule has 0 unspecified atom stereocenters. The zero-order valence-electron chi connectivity index (χ0n) is 10.6. The lowest BCUT2D eigenvalue weighted by molar-refractivity contribution is -0.121. The molecule has 1 rings (SSSR count). The molecule has 0 atom stereocenters. The van der Waals surface area contributed by atoms with Gasteiger partial charge in [0.1, 0.15) is 12.2 Å². The van der Waals surface area contributed by atoms with Crippen molar-refractivity contribution < 1.29 is 19.1 Å². The Balaban J connectivity index is 2.54. The summed E-state index contributed by atoms with van der Waals surface area (Å²) in [7, 11) is 1.57. The van der Waals surface area contributed by atoms with Crippen LogP contribution in [0.3, 0.4) is 0 Å². The van der Waals surface area contributed by atoms with Crippen LogP contribution in [0.2, 0.25) is 0 Å². The smallest absolute Gasteiger partial charge is 0.354 e. The zero-order chi connectivity index (χ0) is 13.4. The third-order valence-electron chi connectivity index (χ3n) is 2.26. The molecule has 100 valence electrons. The molecule has 0 aliphatic rings. The maximum Gasteiger partial charge on any atom is 0.354 e. The van der Waals surface area contributed by atoms with Gasteiger partial charge in [0.05, 0.1) is 13.2 Å². The average Bonchev–Trinajstić information content (AvgIpc) is 2.78. The third-order valence-corrected chi connectivity index (χ3v) is 2.26. The van der Waals surface area contributed by atoms with Gasteiger partial charge < -0.3 is 19.4 Å². The Hall–Kier alpha value is -1.82. The van der Waals surface area contributed by atoms with Gasteiger partial charge in [-0.3, -0.25) is 4.79 Å². The Labute approximate surface area is 106 Å². The standard InChI is InChI=1S/C12H18N2O4/c1-3-18-12(16)10-5-4-7-14(10)9-11(15)13-6-8-17-2/h4-5,7H,3,6,8-9H2,1-2H3,(H,13,15). The van der Waals surface area contributed by atoms with Crippen molar-refractivity contribution in [3.05, 3.63) is 24.0 Å². The molecule has 0 bridgehead atoms. The van der Waals surface area contributed by atoms with E-state index in [-0.39, 0.29) is 12.5 Å². The molecule has 1 N–H and O–H groups in total. The fraction of sp³-hybridized carbons (Fsp3) is 0.500. The number of ether oxygens (including phenoxy) is 2. The number of rotatable bonds is 7. The van der Waals surface area contributed by atoms with Gasteiger partial charge in [-0.05, 0) is 19.1 Å². The van der Waals surface area contributed by atoms with Crippen molar-refractivity contribution in [3.8, 4) is 0 Å². The minimum Gasteiger partial charge on any atom is -0.461 e. The van der Waals surface area contributed by atoms with E-state index in [1.165, 1.54) is 0 Å². The van der Waals surface area contributed by atoms with E-state index in [9.17, 15) is 9.59 Å². The quantitative estimate of drug-likeness (QED) is 0.566. The van der Waals surface area contributed by atoms with Gasteiger partial charge in [0.15, 0.2) is 0 Å². The molecule has 0 aromatic carbocycles. The van der Waals surface area contributed by atoms with Gasteiger partial charge in [0, 0.05) is 19.9 Å². The molecule has 1 heterocycles. The second-order valence-corrected chi connectivity index (χ2v) is 3.58. The topological polar surface area (TPSA) is 69.6 Å². The molecule has 0 saturated heterocycles. The summed E-state index contributed by atoms with van der Waals surface area (Å²) >= 11 is 0. The lowest BCUT2D eigenvalue weighted by atomic mass is 10.4. The van der Waals surface area contributed by atoms with Gasteiger partial charge in [-0.25, -0.2) is 4.79 Å². The Bertz CT molecular complexity index is 401. The SMILES string of the molecule is CCOC(=O)c1cccn1CC(=O)NCCOC. The van der Waals surface area contributed by atoms with E-state index in [0.29, 0.717) is 25.5 Å². The number of hydrogen-bond acceptors (Lipinski definition) is 4. The van der Waals surface area contributed by atoms with Crippen molar-refractivity contribution in [2.45, 2.75) is 13.5 Å². The number of aromatic nitrogens is 1. The highest BCUT2D eigenvalue weighted by atomic mass is 16.5. The first kappa shape index (κ1) is 14.2. The van der Waals surface area contributed by atoms with Crippen LogP contribution in [-0.2, 0) is 20.8 Å². The molecule has 0 aliphatic carbocycles. The van der Waals surface area contributed by atoms with Crippen LogP contribution in [0.5, 0.6) is 0 Å². The summed E-state index contributed by atoms with van der Waals surface area (Å²) < 4.78 is 11.3. The van der Waals surface area contributed by atoms with Gasteiger partial charge in [-0.1, -0.05) is 0 Å². The second kappa shape index (κ2) is 7.50. The maximum absolute atomic E-state index is 11.6. The first-order chi connectivity index (χ1) is 8.69. The lowest BCUT2D eigenvalue weighted by Crippen LogP contribution is -2.31. The first-order valence-electron chi connectivity index (χ1n) is 5.77. The summed E-state index contributed by atoms with van der Waals surface area (Å²) in [6.07, 6.45) is 1.67. The number of amides is 1. The van der Waals surface area contributed by atoms with Crippen LogP contribution in [0.1, 0.15) is 17.4 Å². The Morgan fingerprint density at radius 2 is 2.22 bits per heavy atom. The van der Waals surface area contributed by atoms with Gasteiger partial charge in [0.2, 0.25) is 5.91 Å². The fourth-order valence-electron chi connectivity index (χ4n) is 1.45. The normalized spacial score (nSPS) is 10.1. The first-order valence-corrected chi connectivity index (χ1v) is 5.77. The predicted octanol–water partition coefficient (Wildman–Crippen LogP) is 0.427. The number of esters is 1. The fourth-order valence-corrected chi connectivity index (χ4v) is 1.45. The summed E-state index contributed by atoms with van der Waals surface area (Å²) in [5.41, 5.74) is 0.374. The lowest BCUT2D eigenvalue weighted by Gasteiger charge is -2.09. The van der Waals surface area contributed by atoms with Crippen LogP contribution in [0, 0.1) is 0 Å². The molecule has 0 spiro atoms. The highest BCUT2D eigenvalue weighted by Gasteiger charge is 2.13. The van der Waals surface area contributed by atoms with Crippen LogP contribution in [0.15, 0.2) is 18.3 Å². The molecule has 0 radical (unpaired) electrons. The Morgan fingerprint density at radius 1 is 1.44 bits per heavy atom. The Morgan fingerprint density at radius 3 is 2.89 bits per heavy atom. The maximum atomic E-state index is 11.6. The number of hydrogen-bond donors (Lipinski definition) is 1. The summed E-state index contributed by atoms with van der Waals surface area (Å²) in [5, 5.41) is 2.68. The third kappa shape index (κ3) is 4.21. The van der Waals surface area contributed by atoms with E-state index in [4.69, 9.17) is 9.47 Å². The highest BCUT2D eigenvalue weighted by Crippen LogP contribution is 2.04. The number of carbonyl (C=O) groups is 2. The molecule has 0 saturated carbocycles. The molecule has 1 amide bonds. The van der Waals surface area contributed by atoms with E-state index >= 15 is 0 Å². The highest BCUT2D eigenvalue weighted by molar-refractivity contribution is 5.88. The van der Waals surface area contributed by atoms with Crippen molar-refractivity contribution in [3.63, 3.8) is 0 Å². The van der Waals surface area contributed by atoms with Crippen LogP contribution in [0.4, 0.5) is 0 Å². The average molecular weight is 254 g/mol. The molecule has 1 aromatic rings. The van der Waals surface area contributed by atoms with Crippen molar-refractivity contribution in [2.24, 2.45) is 0 Å². The van der Waals surface area contributed by atoms with Crippen LogP contribution >= 0.6 is 0 Å². The number of methoxy groups -OCH3 is 1. The van der Waals surface area contributed by atoms with Crippen LogP contribution < -0.4 is 5.32 Å². The molecule has 0 fully saturated rings. The van der Waals surface area contributed by atoms with Crippen molar-refractivity contribution in [1.29, 1.82) is 0 Å². The van der Waals surface area contributed by atoms with Gasteiger partial charge >= 0.3 is 5.97 Å². The molecular weight excluding hydrogens is 236 g/mol. The van der Waals surface area contributed by atoms with Crippen molar-refractivity contribution in [1.82, 2.24) is 9.88 Å². The second-order valence-electron chi connectivity index (χ2n) is 3.58. The van der Waals surface area contributed by atoms with Gasteiger partial charge in [0.25, 0.3) is 0 Å². The van der Waals surface area contributed by atoms with E-state index in [2.05, 4.69) is 5.32 Å². The van der Waals surface area contributed by atoms with E-state index in [1.807, 2.05) is 0 Å². The van der Waals surface area contributed by atoms with Crippen molar-refractivity contribution in [2.75, 3.05) is 26.9 Å². The van der Waals surface area contributed by atoms with Gasteiger partial charge in [-0.2, -0.15) is 0 Å².